The second kappa shape index (κ2) is 6.72. The quantitative estimate of drug-likeness (QED) is 0.915. The summed E-state index contributed by atoms with van der Waals surface area (Å²) in [4.78, 5) is 6.45. The number of nitrogens with one attached hydrogen (secondary N) is 1. The molecule has 2 heterocycles. The lowest BCUT2D eigenvalue weighted by molar-refractivity contribution is 0.194. The smallest absolute Gasteiger partial charge is 0.137 e. The molecule has 0 radical (unpaired) electrons. The highest BCUT2D eigenvalue weighted by Crippen LogP contribution is 2.17. The van der Waals surface area contributed by atoms with Gasteiger partial charge in [-0.2, -0.15) is 5.10 Å². The van der Waals surface area contributed by atoms with Crippen molar-refractivity contribution in [1.82, 2.24) is 19.7 Å². The number of rotatable bonds is 5. The van der Waals surface area contributed by atoms with Crippen LogP contribution in [0.25, 0.3) is 0 Å². The molecule has 21 heavy (non-hydrogen) atoms. The Morgan fingerprint density at radius 1 is 1.33 bits per heavy atom. The van der Waals surface area contributed by atoms with Crippen LogP contribution in [0.15, 0.2) is 36.9 Å². The molecular formula is C16H23N5. The molecule has 0 spiro atoms. The molecular weight excluding hydrogens is 262 g/mol. The van der Waals surface area contributed by atoms with Crippen LogP contribution >= 0.6 is 0 Å². The minimum Gasteiger partial charge on any atom is -0.383 e. The fraction of sp³-hybridized carbons (Fsp3) is 0.500. The molecule has 1 fully saturated rings. The van der Waals surface area contributed by atoms with Gasteiger partial charge in [0.1, 0.15) is 12.7 Å². The first-order chi connectivity index (χ1) is 10.3. The number of hydrogen-bond acceptors (Lipinski definition) is 4. The van der Waals surface area contributed by atoms with E-state index in [-0.39, 0.29) is 0 Å². The summed E-state index contributed by atoms with van der Waals surface area (Å²) < 4.78 is 1.84. The van der Waals surface area contributed by atoms with Crippen LogP contribution in [0.1, 0.15) is 24.8 Å². The van der Waals surface area contributed by atoms with Crippen molar-refractivity contribution in [3.63, 3.8) is 0 Å². The number of likely N-dealkylation sites (N-methyl/N-ethyl adjacent to an activating group) is 1. The van der Waals surface area contributed by atoms with Crippen molar-refractivity contribution < 1.29 is 0 Å². The number of anilines is 1. The molecule has 5 nitrogen and oxygen atoms in total. The Hall–Kier alpha value is -1.88. The molecule has 3 rings (SSSR count). The van der Waals surface area contributed by atoms with Gasteiger partial charge < -0.3 is 10.2 Å². The molecule has 1 aromatic heterocycles. The Kier molecular flexibility index (Phi) is 4.50. The average Bonchev–Trinajstić information content (AvgIpc) is 3.00. The summed E-state index contributed by atoms with van der Waals surface area (Å²) in [5, 5.41) is 7.73. The number of hydrogen-bond donors (Lipinski definition) is 1. The number of benzene rings is 1. The summed E-state index contributed by atoms with van der Waals surface area (Å²) in [6.07, 6.45) is 7.30. The first kappa shape index (κ1) is 14.1. The molecule has 1 aromatic carbocycles. The molecule has 0 saturated carbocycles. The summed E-state index contributed by atoms with van der Waals surface area (Å²) in [6.45, 7) is 3.00. The fourth-order valence-electron chi connectivity index (χ4n) is 2.92. The summed E-state index contributed by atoms with van der Waals surface area (Å²) in [5.74, 6) is 0. The van der Waals surface area contributed by atoms with Gasteiger partial charge in [0.05, 0.1) is 6.54 Å². The van der Waals surface area contributed by atoms with E-state index in [0.717, 1.165) is 13.1 Å². The molecule has 2 aromatic rings. The zero-order chi connectivity index (χ0) is 14.5. The Bertz CT molecular complexity index is 552. The maximum absolute atomic E-state index is 4.15. The largest absolute Gasteiger partial charge is 0.383 e. The predicted molar refractivity (Wildman–Crippen MR) is 84.3 cm³/mol. The first-order valence-corrected chi connectivity index (χ1v) is 7.67. The predicted octanol–water partition coefficient (Wildman–Crippen LogP) is 2.22. The lowest BCUT2D eigenvalue weighted by Crippen LogP contribution is -2.40. The van der Waals surface area contributed by atoms with E-state index in [1.807, 2.05) is 4.68 Å². The summed E-state index contributed by atoms with van der Waals surface area (Å²) in [5.41, 5.74) is 2.43. The number of piperidine rings is 1. The minimum atomic E-state index is 0.651. The van der Waals surface area contributed by atoms with E-state index >= 15 is 0 Å². The van der Waals surface area contributed by atoms with Gasteiger partial charge in [0.2, 0.25) is 0 Å². The maximum atomic E-state index is 4.15. The van der Waals surface area contributed by atoms with Gasteiger partial charge in [0.25, 0.3) is 0 Å². The van der Waals surface area contributed by atoms with E-state index in [1.165, 1.54) is 37.1 Å². The van der Waals surface area contributed by atoms with E-state index in [9.17, 15) is 0 Å². The van der Waals surface area contributed by atoms with Crippen molar-refractivity contribution in [3.8, 4) is 0 Å². The van der Waals surface area contributed by atoms with Gasteiger partial charge in [-0.05, 0) is 44.1 Å². The highest BCUT2D eigenvalue weighted by atomic mass is 15.3. The van der Waals surface area contributed by atoms with Gasteiger partial charge in [0.15, 0.2) is 0 Å². The van der Waals surface area contributed by atoms with Crippen molar-refractivity contribution >= 4 is 5.69 Å². The number of aromatic nitrogens is 3. The number of nitrogens with zero attached hydrogens (tertiary/aromatic N) is 4. The first-order valence-electron chi connectivity index (χ1n) is 7.67. The summed E-state index contributed by atoms with van der Waals surface area (Å²) in [7, 11) is 2.23. The van der Waals surface area contributed by atoms with Gasteiger partial charge in [-0.25, -0.2) is 9.67 Å². The average molecular weight is 285 g/mol. The van der Waals surface area contributed by atoms with Crippen LogP contribution in [0.4, 0.5) is 5.69 Å². The van der Waals surface area contributed by atoms with Crippen LogP contribution in [-0.4, -0.2) is 45.8 Å². The lowest BCUT2D eigenvalue weighted by atomic mass is 10.0. The van der Waals surface area contributed by atoms with Crippen LogP contribution < -0.4 is 5.32 Å². The molecule has 1 aliphatic heterocycles. The second-order valence-corrected chi connectivity index (χ2v) is 5.80. The highest BCUT2D eigenvalue weighted by Gasteiger charge is 2.18. The van der Waals surface area contributed by atoms with Gasteiger partial charge >= 0.3 is 0 Å². The standard InChI is InChI=1S/C16H23N5/c1-20-8-3-2-7-16(20)10-18-15-6-4-5-14(9-15)11-21-13-17-12-19-21/h4-6,9,12-13,16,18H,2-3,7-8,10-11H2,1H3. The van der Waals surface area contributed by atoms with Crippen molar-refractivity contribution in [2.75, 3.05) is 25.5 Å². The van der Waals surface area contributed by atoms with E-state index in [0.29, 0.717) is 6.04 Å². The van der Waals surface area contributed by atoms with E-state index in [2.05, 4.69) is 51.6 Å². The van der Waals surface area contributed by atoms with E-state index in [1.54, 1.807) is 12.7 Å². The SMILES string of the molecule is CN1CCCCC1CNc1cccc(Cn2cncn2)c1. The third-order valence-corrected chi connectivity index (χ3v) is 4.20. The topological polar surface area (TPSA) is 46.0 Å². The van der Waals surface area contributed by atoms with Crippen LogP contribution in [0.2, 0.25) is 0 Å². The Morgan fingerprint density at radius 3 is 3.10 bits per heavy atom. The fourth-order valence-corrected chi connectivity index (χ4v) is 2.92. The van der Waals surface area contributed by atoms with Crippen molar-refractivity contribution in [2.45, 2.75) is 31.8 Å². The third kappa shape index (κ3) is 3.82. The van der Waals surface area contributed by atoms with Crippen molar-refractivity contribution in [2.24, 2.45) is 0 Å². The Morgan fingerprint density at radius 2 is 2.29 bits per heavy atom. The normalized spacial score (nSPS) is 19.6. The monoisotopic (exact) mass is 285 g/mol. The number of likely N-dealkylation sites (tertiary alicyclic amines) is 1. The highest BCUT2D eigenvalue weighted by molar-refractivity contribution is 5.45. The Labute approximate surface area is 126 Å². The summed E-state index contributed by atoms with van der Waals surface area (Å²) in [6, 6.07) is 9.20. The van der Waals surface area contributed by atoms with Crippen LogP contribution in [0.3, 0.4) is 0 Å². The molecule has 1 aliphatic rings. The molecule has 1 saturated heterocycles. The van der Waals surface area contributed by atoms with Gasteiger partial charge in [-0.3, -0.25) is 0 Å². The molecule has 0 aliphatic carbocycles. The van der Waals surface area contributed by atoms with E-state index in [4.69, 9.17) is 0 Å². The molecule has 112 valence electrons. The van der Waals surface area contributed by atoms with Gasteiger partial charge in [0, 0.05) is 18.3 Å². The zero-order valence-corrected chi connectivity index (χ0v) is 12.6. The van der Waals surface area contributed by atoms with Gasteiger partial charge in [-0.15, -0.1) is 0 Å². The summed E-state index contributed by atoms with van der Waals surface area (Å²) >= 11 is 0. The third-order valence-electron chi connectivity index (χ3n) is 4.20. The molecule has 0 bridgehead atoms. The zero-order valence-electron chi connectivity index (χ0n) is 12.6. The molecule has 1 N–H and O–H groups in total. The molecule has 5 heteroatoms. The molecule has 1 atom stereocenters. The minimum absolute atomic E-state index is 0.651. The van der Waals surface area contributed by atoms with Gasteiger partial charge in [-0.1, -0.05) is 18.6 Å². The van der Waals surface area contributed by atoms with Crippen molar-refractivity contribution in [3.05, 3.63) is 42.5 Å². The molecule has 1 unspecified atom stereocenters. The second-order valence-electron chi connectivity index (χ2n) is 5.80. The van der Waals surface area contributed by atoms with Crippen LogP contribution in [0, 0.1) is 0 Å². The van der Waals surface area contributed by atoms with Crippen LogP contribution in [-0.2, 0) is 6.54 Å². The van der Waals surface area contributed by atoms with E-state index < -0.39 is 0 Å². The van der Waals surface area contributed by atoms with Crippen LogP contribution in [0.5, 0.6) is 0 Å². The Balaban J connectivity index is 1.58. The lowest BCUT2D eigenvalue weighted by Gasteiger charge is -2.32. The molecule has 0 amide bonds. The van der Waals surface area contributed by atoms with Crippen molar-refractivity contribution in [1.29, 1.82) is 0 Å². The maximum Gasteiger partial charge on any atom is 0.137 e.